The SMILES string of the molecule is C=C1CCC2[C@](C)(CC[C@H](O)[C@]2(C)CO)[C@H]1C/C=C1/C(=O)OC[C@@H]1O.O=C(O)c1ccccc1O. The second-order valence-corrected chi connectivity index (χ2v) is 10.4. The number of aliphatic hydroxyl groups excluding tert-OH is 3. The summed E-state index contributed by atoms with van der Waals surface area (Å²) in [6.45, 7) is 8.50. The molecular formula is C27H36O8. The minimum absolute atomic E-state index is 0.0280. The summed E-state index contributed by atoms with van der Waals surface area (Å²) in [7, 11) is 0. The molecule has 8 nitrogen and oxygen atoms in total. The van der Waals surface area contributed by atoms with Gasteiger partial charge in [0.25, 0.3) is 0 Å². The topological polar surface area (TPSA) is 145 Å². The number of carbonyl (C=O) groups excluding carboxylic acids is 1. The van der Waals surface area contributed by atoms with Gasteiger partial charge in [0.05, 0.1) is 18.3 Å². The van der Waals surface area contributed by atoms with Crippen LogP contribution in [0.25, 0.3) is 0 Å². The highest BCUT2D eigenvalue weighted by Gasteiger charge is 2.57. The summed E-state index contributed by atoms with van der Waals surface area (Å²) in [4.78, 5) is 22.0. The zero-order valence-electron chi connectivity index (χ0n) is 20.3. The van der Waals surface area contributed by atoms with Crippen molar-refractivity contribution in [1.82, 2.24) is 0 Å². The third kappa shape index (κ3) is 5.15. The molecule has 8 heteroatoms. The van der Waals surface area contributed by atoms with Crippen molar-refractivity contribution in [1.29, 1.82) is 0 Å². The number of carbonyl (C=O) groups is 2. The van der Waals surface area contributed by atoms with Crippen LogP contribution in [0.4, 0.5) is 0 Å². The summed E-state index contributed by atoms with van der Waals surface area (Å²) >= 11 is 0. The van der Waals surface area contributed by atoms with Crippen LogP contribution < -0.4 is 0 Å². The zero-order valence-corrected chi connectivity index (χ0v) is 20.3. The van der Waals surface area contributed by atoms with E-state index in [2.05, 4.69) is 13.5 Å². The molecule has 0 aromatic heterocycles. The molecule has 1 heterocycles. The number of allylic oxidation sites excluding steroid dienone is 2. The largest absolute Gasteiger partial charge is 0.507 e. The number of para-hydroxylation sites is 1. The van der Waals surface area contributed by atoms with E-state index >= 15 is 0 Å². The van der Waals surface area contributed by atoms with Crippen LogP contribution >= 0.6 is 0 Å². The number of hydrogen-bond donors (Lipinski definition) is 5. The summed E-state index contributed by atoms with van der Waals surface area (Å²) in [5.41, 5.74) is 0.844. The van der Waals surface area contributed by atoms with Crippen molar-refractivity contribution in [3.63, 3.8) is 0 Å². The lowest BCUT2D eigenvalue weighted by Crippen LogP contribution is -2.57. The first-order valence-electron chi connectivity index (χ1n) is 12.0. The lowest BCUT2D eigenvalue weighted by Gasteiger charge is -2.59. The van der Waals surface area contributed by atoms with E-state index in [4.69, 9.17) is 14.9 Å². The van der Waals surface area contributed by atoms with Crippen LogP contribution in [0.1, 0.15) is 56.3 Å². The van der Waals surface area contributed by atoms with E-state index in [9.17, 15) is 24.9 Å². The Morgan fingerprint density at radius 1 is 1.23 bits per heavy atom. The molecule has 0 spiro atoms. The zero-order chi connectivity index (χ0) is 26.0. The molecule has 192 valence electrons. The van der Waals surface area contributed by atoms with Crippen molar-refractivity contribution in [2.45, 2.75) is 58.2 Å². The molecule has 1 unspecified atom stereocenters. The van der Waals surface area contributed by atoms with Gasteiger partial charge < -0.3 is 30.3 Å². The Labute approximate surface area is 205 Å². The Morgan fingerprint density at radius 2 is 1.91 bits per heavy atom. The molecule has 6 atom stereocenters. The second-order valence-electron chi connectivity index (χ2n) is 10.4. The number of benzene rings is 1. The fraction of sp³-hybridized carbons (Fsp3) is 0.556. The average molecular weight is 489 g/mol. The molecule has 2 aliphatic carbocycles. The highest BCUT2D eigenvalue weighted by Crippen LogP contribution is 2.61. The Balaban J connectivity index is 0.000000287. The Kier molecular flexibility index (Phi) is 8.09. The van der Waals surface area contributed by atoms with Gasteiger partial charge in [-0.3, -0.25) is 0 Å². The van der Waals surface area contributed by atoms with Gasteiger partial charge in [0.1, 0.15) is 24.0 Å². The quantitative estimate of drug-likeness (QED) is 0.247. The fourth-order valence-electron chi connectivity index (χ4n) is 6.22. The fourth-order valence-corrected chi connectivity index (χ4v) is 6.22. The highest BCUT2D eigenvalue weighted by atomic mass is 16.6. The molecule has 1 aliphatic heterocycles. The summed E-state index contributed by atoms with van der Waals surface area (Å²) in [5, 5.41) is 47.7. The number of esters is 1. The van der Waals surface area contributed by atoms with E-state index in [0.717, 1.165) is 24.8 Å². The Bertz CT molecular complexity index is 1000. The van der Waals surface area contributed by atoms with E-state index in [1.807, 2.05) is 13.0 Å². The van der Waals surface area contributed by atoms with Crippen LogP contribution in [-0.4, -0.2) is 62.9 Å². The van der Waals surface area contributed by atoms with Gasteiger partial charge in [0.2, 0.25) is 0 Å². The molecule has 3 fully saturated rings. The van der Waals surface area contributed by atoms with Gasteiger partial charge in [0.15, 0.2) is 0 Å². The number of carboxylic acid groups (broad SMARTS) is 1. The van der Waals surface area contributed by atoms with Gasteiger partial charge in [-0.2, -0.15) is 0 Å². The van der Waals surface area contributed by atoms with Gasteiger partial charge in [-0.15, -0.1) is 0 Å². The number of aromatic carboxylic acids is 1. The third-order valence-corrected chi connectivity index (χ3v) is 8.37. The molecule has 0 bridgehead atoms. The van der Waals surface area contributed by atoms with E-state index in [1.165, 1.54) is 12.1 Å². The predicted octanol–water partition coefficient (Wildman–Crippen LogP) is 3.05. The molecule has 0 amide bonds. The predicted molar refractivity (Wildman–Crippen MR) is 129 cm³/mol. The molecule has 1 aromatic rings. The summed E-state index contributed by atoms with van der Waals surface area (Å²) in [5.74, 6) is -1.39. The number of fused-ring (bicyclic) bond motifs is 1. The Hall–Kier alpha value is -2.68. The van der Waals surface area contributed by atoms with Crippen molar-refractivity contribution in [3.05, 3.63) is 53.6 Å². The second kappa shape index (κ2) is 10.5. The van der Waals surface area contributed by atoms with Crippen LogP contribution in [0.15, 0.2) is 48.1 Å². The van der Waals surface area contributed by atoms with Crippen molar-refractivity contribution in [2.24, 2.45) is 22.7 Å². The van der Waals surface area contributed by atoms with Crippen LogP contribution in [0, 0.1) is 22.7 Å². The number of carboxylic acids is 1. The van der Waals surface area contributed by atoms with Crippen LogP contribution in [0.3, 0.4) is 0 Å². The van der Waals surface area contributed by atoms with Gasteiger partial charge in [-0.25, -0.2) is 9.59 Å². The van der Waals surface area contributed by atoms with Gasteiger partial charge in [0, 0.05) is 5.41 Å². The van der Waals surface area contributed by atoms with Crippen molar-refractivity contribution < 1.29 is 39.9 Å². The number of aliphatic hydroxyl groups is 3. The lowest BCUT2D eigenvalue weighted by molar-refractivity contribution is -0.151. The number of aromatic hydroxyl groups is 1. The summed E-state index contributed by atoms with van der Waals surface area (Å²) in [6, 6.07) is 5.81. The van der Waals surface area contributed by atoms with Gasteiger partial charge in [-0.1, -0.05) is 44.2 Å². The molecule has 3 aliphatic rings. The van der Waals surface area contributed by atoms with E-state index in [1.54, 1.807) is 12.1 Å². The first-order chi connectivity index (χ1) is 16.5. The van der Waals surface area contributed by atoms with Crippen molar-refractivity contribution in [2.75, 3.05) is 13.2 Å². The smallest absolute Gasteiger partial charge is 0.339 e. The lowest BCUT2D eigenvalue weighted by atomic mass is 9.46. The first-order valence-corrected chi connectivity index (χ1v) is 12.0. The molecule has 1 aromatic carbocycles. The van der Waals surface area contributed by atoms with E-state index in [0.29, 0.717) is 18.4 Å². The van der Waals surface area contributed by atoms with E-state index in [-0.39, 0.29) is 41.8 Å². The van der Waals surface area contributed by atoms with Crippen LogP contribution in [0.2, 0.25) is 0 Å². The first kappa shape index (κ1) is 26.9. The minimum atomic E-state index is -1.11. The van der Waals surface area contributed by atoms with Crippen LogP contribution in [-0.2, 0) is 9.53 Å². The van der Waals surface area contributed by atoms with Gasteiger partial charge in [-0.05, 0) is 61.5 Å². The maximum atomic E-state index is 11.8. The molecule has 35 heavy (non-hydrogen) atoms. The molecule has 0 radical (unpaired) electrons. The molecule has 5 N–H and O–H groups in total. The maximum Gasteiger partial charge on any atom is 0.339 e. The summed E-state index contributed by atoms with van der Waals surface area (Å²) < 4.78 is 4.90. The number of ether oxygens (including phenoxy) is 1. The monoisotopic (exact) mass is 488 g/mol. The maximum absolute atomic E-state index is 11.8. The number of rotatable bonds is 4. The molecule has 4 rings (SSSR count). The standard InChI is InChI=1S/C20H30O5.C7H6O3/c1-12-4-7-16-19(2,9-8-17(23)20(16,3)11-21)14(12)6-5-13-15(22)10-25-18(13)24;8-6-4-2-1-3-5(6)7(9)10/h5,14-17,21-23H,1,4,6-11H2,2-3H3;1-4,8H,(H,9,10)/b13-5+;/t14-,15-,16?,17-,19+,20+;/m0./s1. The number of phenols is 1. The Morgan fingerprint density at radius 3 is 2.46 bits per heavy atom. The molecule has 1 saturated heterocycles. The van der Waals surface area contributed by atoms with Crippen LogP contribution in [0.5, 0.6) is 5.75 Å². The molecular weight excluding hydrogens is 452 g/mol. The average Bonchev–Trinajstić information content (AvgIpc) is 3.14. The van der Waals surface area contributed by atoms with Gasteiger partial charge >= 0.3 is 11.9 Å². The normalized spacial score (nSPS) is 35.6. The highest BCUT2D eigenvalue weighted by molar-refractivity contribution is 5.91. The van der Waals surface area contributed by atoms with Crippen molar-refractivity contribution >= 4 is 11.9 Å². The molecule has 2 saturated carbocycles. The number of hydrogen-bond acceptors (Lipinski definition) is 7. The van der Waals surface area contributed by atoms with Crippen molar-refractivity contribution in [3.8, 4) is 5.75 Å². The summed E-state index contributed by atoms with van der Waals surface area (Å²) in [6.07, 6.45) is 4.42. The minimum Gasteiger partial charge on any atom is -0.507 e. The van der Waals surface area contributed by atoms with E-state index < -0.39 is 29.6 Å². The number of cyclic esters (lactones) is 1. The third-order valence-electron chi connectivity index (χ3n) is 8.37.